The number of H-pyrrole nitrogens is 1. The van der Waals surface area contributed by atoms with Gasteiger partial charge in [0, 0.05) is 6.54 Å². The molecule has 0 unspecified atom stereocenters. The van der Waals surface area contributed by atoms with Crippen molar-refractivity contribution < 1.29 is 0 Å². The second-order valence-electron chi connectivity index (χ2n) is 7.53. The molecule has 0 aliphatic rings. The highest BCUT2D eigenvalue weighted by Crippen LogP contribution is 2.14. The molecule has 1 heterocycles. The van der Waals surface area contributed by atoms with Crippen LogP contribution in [0.3, 0.4) is 0 Å². The van der Waals surface area contributed by atoms with Crippen LogP contribution in [0.25, 0.3) is 11.0 Å². The first-order valence-corrected chi connectivity index (χ1v) is 10.9. The van der Waals surface area contributed by atoms with Crippen LogP contribution in [-0.4, -0.2) is 22.0 Å². The lowest BCUT2D eigenvalue weighted by molar-refractivity contribution is 0.532. The minimum atomic E-state index is 0.877. The zero-order chi connectivity index (χ0) is 18.3. The van der Waals surface area contributed by atoms with Crippen molar-refractivity contribution in [2.45, 2.75) is 96.9 Å². The average Bonchev–Trinajstić information content (AvgIpc) is 3.14. The minimum absolute atomic E-state index is 0.877. The molecule has 2 aromatic rings. The molecule has 1 aromatic heterocycles. The number of rotatable bonds is 16. The Hall–Kier alpha value is -1.42. The first-order chi connectivity index (χ1) is 12.9. The zero-order valence-corrected chi connectivity index (χ0v) is 16.7. The third-order valence-corrected chi connectivity index (χ3v) is 5.20. The van der Waals surface area contributed by atoms with Gasteiger partial charge in [-0.1, -0.05) is 96.1 Å². The Balaban J connectivity index is 1.36. The molecule has 0 radical (unpaired) electrons. The van der Waals surface area contributed by atoms with Gasteiger partial charge in [0.15, 0.2) is 0 Å². The Labute approximate surface area is 159 Å². The van der Waals surface area contributed by atoms with Crippen LogP contribution < -0.4 is 5.32 Å². The lowest BCUT2D eigenvalue weighted by Crippen LogP contribution is -2.14. The molecule has 2 N–H and O–H groups in total. The van der Waals surface area contributed by atoms with Gasteiger partial charge in [0.1, 0.15) is 11.0 Å². The number of para-hydroxylation sites is 1. The first kappa shape index (κ1) is 20.9. The van der Waals surface area contributed by atoms with Crippen molar-refractivity contribution in [3.63, 3.8) is 0 Å². The molecule has 0 aliphatic heterocycles. The number of benzene rings is 1. The molecule has 0 bridgehead atoms. The summed E-state index contributed by atoms with van der Waals surface area (Å²) in [7, 11) is 0. The Kier molecular flexibility index (Phi) is 11.0. The molecule has 0 aliphatic carbocycles. The quantitative estimate of drug-likeness (QED) is 0.354. The SMILES string of the molecule is CCCCCCCCCCCCCCCNCc1cccc2n[nH]nc12. The van der Waals surface area contributed by atoms with Gasteiger partial charge in [-0.05, 0) is 24.6 Å². The van der Waals surface area contributed by atoms with E-state index < -0.39 is 0 Å². The summed E-state index contributed by atoms with van der Waals surface area (Å²) in [4.78, 5) is 0. The molecule has 0 atom stereocenters. The summed E-state index contributed by atoms with van der Waals surface area (Å²) in [6.07, 6.45) is 18.3. The molecule has 0 saturated carbocycles. The maximum Gasteiger partial charge on any atom is 0.117 e. The van der Waals surface area contributed by atoms with Crippen LogP contribution in [0.15, 0.2) is 18.2 Å². The van der Waals surface area contributed by atoms with Crippen molar-refractivity contribution in [2.24, 2.45) is 0 Å². The normalized spacial score (nSPS) is 11.4. The number of unbranched alkanes of at least 4 members (excludes halogenated alkanes) is 12. The highest BCUT2D eigenvalue weighted by Gasteiger charge is 2.03. The summed E-state index contributed by atoms with van der Waals surface area (Å²) < 4.78 is 0. The summed E-state index contributed by atoms with van der Waals surface area (Å²) in [6, 6.07) is 6.17. The van der Waals surface area contributed by atoms with E-state index in [-0.39, 0.29) is 0 Å². The van der Waals surface area contributed by atoms with Crippen molar-refractivity contribution >= 4 is 11.0 Å². The van der Waals surface area contributed by atoms with Crippen LogP contribution in [0.1, 0.15) is 96.0 Å². The summed E-state index contributed by atoms with van der Waals surface area (Å²) >= 11 is 0. The number of nitrogens with one attached hydrogen (secondary N) is 2. The van der Waals surface area contributed by atoms with Crippen molar-refractivity contribution in [1.82, 2.24) is 20.7 Å². The summed E-state index contributed by atoms with van der Waals surface area (Å²) in [5.41, 5.74) is 3.17. The number of hydrogen-bond acceptors (Lipinski definition) is 3. The number of aromatic nitrogens is 3. The zero-order valence-electron chi connectivity index (χ0n) is 16.7. The van der Waals surface area contributed by atoms with Gasteiger partial charge >= 0.3 is 0 Å². The molecular formula is C22H38N4. The van der Waals surface area contributed by atoms with E-state index in [4.69, 9.17) is 0 Å². The minimum Gasteiger partial charge on any atom is -0.313 e. The standard InChI is InChI=1S/C22H38N4/c1-2-3-4-5-6-7-8-9-10-11-12-13-14-18-23-19-20-16-15-17-21-22(20)25-26-24-21/h15-17,23H,2-14,18-19H2,1H3,(H,24,25,26). The first-order valence-electron chi connectivity index (χ1n) is 10.9. The predicted molar refractivity (Wildman–Crippen MR) is 111 cm³/mol. The van der Waals surface area contributed by atoms with Crippen molar-refractivity contribution in [2.75, 3.05) is 6.54 Å². The second-order valence-corrected chi connectivity index (χ2v) is 7.53. The predicted octanol–water partition coefficient (Wildman–Crippen LogP) is 6.14. The molecule has 4 heteroatoms. The molecule has 1 aromatic carbocycles. The number of fused-ring (bicyclic) bond motifs is 1. The Morgan fingerprint density at radius 1 is 0.769 bits per heavy atom. The van der Waals surface area contributed by atoms with E-state index in [9.17, 15) is 0 Å². The Bertz CT molecular complexity index is 578. The van der Waals surface area contributed by atoms with Gasteiger partial charge in [-0.3, -0.25) is 0 Å². The molecular weight excluding hydrogens is 320 g/mol. The van der Waals surface area contributed by atoms with Crippen LogP contribution in [0, 0.1) is 0 Å². The van der Waals surface area contributed by atoms with Gasteiger partial charge in [0.2, 0.25) is 0 Å². The van der Waals surface area contributed by atoms with E-state index in [1.165, 1.54) is 89.0 Å². The highest BCUT2D eigenvalue weighted by atomic mass is 15.3. The highest BCUT2D eigenvalue weighted by molar-refractivity contribution is 5.77. The third-order valence-electron chi connectivity index (χ3n) is 5.20. The van der Waals surface area contributed by atoms with Crippen molar-refractivity contribution in [3.05, 3.63) is 23.8 Å². The van der Waals surface area contributed by atoms with Gasteiger partial charge < -0.3 is 5.32 Å². The molecule has 2 rings (SSSR count). The van der Waals surface area contributed by atoms with E-state index in [2.05, 4.69) is 33.7 Å². The average molecular weight is 359 g/mol. The van der Waals surface area contributed by atoms with E-state index >= 15 is 0 Å². The fourth-order valence-electron chi connectivity index (χ4n) is 3.56. The largest absolute Gasteiger partial charge is 0.313 e. The maximum atomic E-state index is 4.23. The Morgan fingerprint density at radius 2 is 1.38 bits per heavy atom. The van der Waals surface area contributed by atoms with E-state index in [0.717, 1.165) is 24.1 Å². The number of aromatic amines is 1. The molecule has 146 valence electrons. The second kappa shape index (κ2) is 13.7. The molecule has 4 nitrogen and oxygen atoms in total. The van der Waals surface area contributed by atoms with Crippen LogP contribution in [0.5, 0.6) is 0 Å². The van der Waals surface area contributed by atoms with Crippen molar-refractivity contribution in [1.29, 1.82) is 0 Å². The topological polar surface area (TPSA) is 53.6 Å². The fourth-order valence-corrected chi connectivity index (χ4v) is 3.56. The van der Waals surface area contributed by atoms with Gasteiger partial charge in [0.05, 0.1) is 0 Å². The molecule has 26 heavy (non-hydrogen) atoms. The van der Waals surface area contributed by atoms with Gasteiger partial charge in [-0.2, -0.15) is 15.4 Å². The van der Waals surface area contributed by atoms with Crippen LogP contribution >= 0.6 is 0 Å². The smallest absolute Gasteiger partial charge is 0.117 e. The van der Waals surface area contributed by atoms with Crippen molar-refractivity contribution in [3.8, 4) is 0 Å². The molecule has 0 saturated heterocycles. The lowest BCUT2D eigenvalue weighted by Gasteiger charge is -2.06. The number of nitrogens with zero attached hydrogens (tertiary/aromatic N) is 2. The van der Waals surface area contributed by atoms with Crippen LogP contribution in [0.4, 0.5) is 0 Å². The van der Waals surface area contributed by atoms with E-state index in [1.807, 2.05) is 12.1 Å². The summed E-state index contributed by atoms with van der Waals surface area (Å²) in [5.74, 6) is 0. The van der Waals surface area contributed by atoms with Gasteiger partial charge in [0.25, 0.3) is 0 Å². The monoisotopic (exact) mass is 358 g/mol. The summed E-state index contributed by atoms with van der Waals surface area (Å²) in [6.45, 7) is 4.25. The van der Waals surface area contributed by atoms with Crippen LogP contribution in [-0.2, 0) is 6.54 Å². The molecule has 0 amide bonds. The van der Waals surface area contributed by atoms with Gasteiger partial charge in [-0.15, -0.1) is 0 Å². The van der Waals surface area contributed by atoms with E-state index in [1.54, 1.807) is 0 Å². The molecule has 0 fully saturated rings. The molecule has 0 spiro atoms. The van der Waals surface area contributed by atoms with E-state index in [0.29, 0.717) is 0 Å². The van der Waals surface area contributed by atoms with Gasteiger partial charge in [-0.25, -0.2) is 0 Å². The Morgan fingerprint density at radius 3 is 2.04 bits per heavy atom. The van der Waals surface area contributed by atoms with Crippen LogP contribution in [0.2, 0.25) is 0 Å². The maximum absolute atomic E-state index is 4.23. The number of hydrogen-bond donors (Lipinski definition) is 2. The lowest BCUT2D eigenvalue weighted by atomic mass is 10.0. The third kappa shape index (κ3) is 8.31. The fraction of sp³-hybridized carbons (Fsp3) is 0.727. The summed E-state index contributed by atoms with van der Waals surface area (Å²) in [5, 5.41) is 14.6.